The topological polar surface area (TPSA) is 22.1 Å². The highest BCUT2D eigenvalue weighted by Gasteiger charge is 2.08. The molecule has 1 aromatic heterocycles. The van der Waals surface area contributed by atoms with Crippen molar-refractivity contribution in [2.24, 2.45) is 0 Å². The minimum Gasteiger partial charge on any atom is -0.417 e. The summed E-state index contributed by atoms with van der Waals surface area (Å²) in [6, 6.07) is 4.91. The van der Waals surface area contributed by atoms with Crippen LogP contribution in [0, 0.1) is 0 Å². The molecule has 0 spiro atoms. The minimum atomic E-state index is -2.81. The van der Waals surface area contributed by atoms with Crippen LogP contribution < -0.4 is 4.74 Å². The average Bonchev–Trinajstić information content (AvgIpc) is 2.16. The molecule has 4 heteroatoms. The van der Waals surface area contributed by atoms with Crippen molar-refractivity contribution in [3.05, 3.63) is 23.9 Å². The van der Waals surface area contributed by atoms with Crippen LogP contribution in [-0.4, -0.2) is 11.6 Å². The van der Waals surface area contributed by atoms with Gasteiger partial charge in [0.05, 0.1) is 0 Å². The number of aromatic nitrogens is 1. The van der Waals surface area contributed by atoms with Crippen molar-refractivity contribution in [3.63, 3.8) is 0 Å². The summed E-state index contributed by atoms with van der Waals surface area (Å²) in [7, 11) is 0. The van der Waals surface area contributed by atoms with Gasteiger partial charge >= 0.3 is 6.61 Å². The predicted octanol–water partition coefficient (Wildman–Crippen LogP) is 3.20. The molecule has 0 radical (unpaired) electrons. The van der Waals surface area contributed by atoms with Crippen molar-refractivity contribution in [1.82, 2.24) is 4.98 Å². The number of hydrogen-bond donors (Lipinski definition) is 0. The third kappa shape index (κ3) is 2.94. The van der Waals surface area contributed by atoms with Gasteiger partial charge in [-0.3, -0.25) is 0 Å². The molecule has 0 saturated heterocycles. The van der Waals surface area contributed by atoms with Crippen LogP contribution in [0.4, 0.5) is 8.78 Å². The zero-order valence-corrected chi connectivity index (χ0v) is 8.21. The summed E-state index contributed by atoms with van der Waals surface area (Å²) in [6.45, 7) is 1.20. The third-order valence-electron chi connectivity index (χ3n) is 2.07. The lowest BCUT2D eigenvalue weighted by Gasteiger charge is -2.09. The van der Waals surface area contributed by atoms with Gasteiger partial charge in [-0.15, -0.1) is 0 Å². The van der Waals surface area contributed by atoms with Crippen LogP contribution in [0.1, 0.15) is 31.9 Å². The van der Waals surface area contributed by atoms with E-state index in [2.05, 4.69) is 9.72 Å². The van der Waals surface area contributed by atoms with Crippen LogP contribution in [0.2, 0.25) is 0 Å². The Morgan fingerprint density at radius 3 is 2.71 bits per heavy atom. The van der Waals surface area contributed by atoms with Gasteiger partial charge in [0.25, 0.3) is 0 Å². The molecule has 0 N–H and O–H groups in total. The average molecular weight is 201 g/mol. The molecule has 1 rings (SSSR count). The molecule has 0 aliphatic heterocycles. The number of halogens is 2. The Kier molecular flexibility index (Phi) is 3.80. The van der Waals surface area contributed by atoms with Gasteiger partial charge in [-0.25, -0.2) is 4.98 Å². The largest absolute Gasteiger partial charge is 0.417 e. The molecule has 14 heavy (non-hydrogen) atoms. The normalized spacial score (nSPS) is 12.9. The Morgan fingerprint density at radius 1 is 1.43 bits per heavy atom. The predicted molar refractivity (Wildman–Crippen MR) is 49.6 cm³/mol. The zero-order chi connectivity index (χ0) is 10.6. The molecule has 0 aliphatic carbocycles. The van der Waals surface area contributed by atoms with Crippen LogP contribution in [0.3, 0.4) is 0 Å². The van der Waals surface area contributed by atoms with Crippen molar-refractivity contribution in [2.75, 3.05) is 0 Å². The quantitative estimate of drug-likeness (QED) is 0.746. The van der Waals surface area contributed by atoms with Gasteiger partial charge < -0.3 is 4.74 Å². The summed E-state index contributed by atoms with van der Waals surface area (Å²) in [5, 5.41) is 0. The molecule has 1 unspecified atom stereocenters. The highest BCUT2D eigenvalue weighted by molar-refractivity contribution is 5.18. The molecule has 0 bridgehead atoms. The van der Waals surface area contributed by atoms with Crippen molar-refractivity contribution in [1.29, 1.82) is 0 Å². The van der Waals surface area contributed by atoms with E-state index in [4.69, 9.17) is 0 Å². The summed E-state index contributed by atoms with van der Waals surface area (Å²) < 4.78 is 28.0. The lowest BCUT2D eigenvalue weighted by atomic mass is 10.0. The van der Waals surface area contributed by atoms with E-state index in [1.54, 1.807) is 6.07 Å². The second kappa shape index (κ2) is 4.88. The Balaban J connectivity index is 2.78. The van der Waals surface area contributed by atoms with Crippen molar-refractivity contribution < 1.29 is 13.5 Å². The highest BCUT2D eigenvalue weighted by atomic mass is 19.3. The van der Waals surface area contributed by atoms with Gasteiger partial charge in [-0.2, -0.15) is 8.78 Å². The maximum Gasteiger partial charge on any atom is 0.388 e. The highest BCUT2D eigenvalue weighted by Crippen LogP contribution is 2.19. The van der Waals surface area contributed by atoms with E-state index in [0.717, 1.165) is 12.1 Å². The number of nitrogens with zero attached hydrogens (tertiary/aromatic N) is 1. The Morgan fingerprint density at radius 2 is 2.14 bits per heavy atom. The fourth-order valence-corrected chi connectivity index (χ4v) is 1.07. The standard InChI is InChI=1S/C10H13F2NO/c1-3-7(2)8-5-4-6-9(13-8)14-10(11)12/h4-7,10H,3H2,1-2H3. The van der Waals surface area contributed by atoms with Crippen molar-refractivity contribution in [3.8, 4) is 5.88 Å². The lowest BCUT2D eigenvalue weighted by Crippen LogP contribution is -2.05. The lowest BCUT2D eigenvalue weighted by molar-refractivity contribution is -0.0529. The summed E-state index contributed by atoms with van der Waals surface area (Å²) in [6.07, 6.45) is 0.922. The maximum atomic E-state index is 11.9. The Hall–Kier alpha value is -1.19. The van der Waals surface area contributed by atoms with Gasteiger partial charge in [0.2, 0.25) is 5.88 Å². The van der Waals surface area contributed by atoms with Gasteiger partial charge in [-0.1, -0.05) is 19.9 Å². The molecule has 0 aromatic carbocycles. The van der Waals surface area contributed by atoms with Crippen LogP contribution in [-0.2, 0) is 0 Å². The van der Waals surface area contributed by atoms with Crippen LogP contribution >= 0.6 is 0 Å². The second-order valence-corrected chi connectivity index (χ2v) is 3.09. The SMILES string of the molecule is CCC(C)c1cccc(OC(F)F)n1. The van der Waals surface area contributed by atoms with Gasteiger partial charge in [0, 0.05) is 11.8 Å². The first-order valence-electron chi connectivity index (χ1n) is 4.55. The van der Waals surface area contributed by atoms with Crippen LogP contribution in [0.25, 0.3) is 0 Å². The molecule has 1 atom stereocenters. The number of rotatable bonds is 4. The van der Waals surface area contributed by atoms with E-state index in [0.29, 0.717) is 0 Å². The Labute approximate surface area is 81.9 Å². The molecular weight excluding hydrogens is 188 g/mol. The molecule has 1 aromatic rings. The summed E-state index contributed by atoms with van der Waals surface area (Å²) in [5.41, 5.74) is 0.783. The first-order chi connectivity index (χ1) is 6.63. The molecular formula is C10H13F2NO. The molecule has 78 valence electrons. The summed E-state index contributed by atoms with van der Waals surface area (Å²) in [4.78, 5) is 3.98. The van der Waals surface area contributed by atoms with Crippen LogP contribution in [0.5, 0.6) is 5.88 Å². The summed E-state index contributed by atoms with van der Waals surface area (Å²) in [5.74, 6) is 0.244. The van der Waals surface area contributed by atoms with E-state index in [1.165, 1.54) is 6.07 Å². The van der Waals surface area contributed by atoms with Gasteiger partial charge in [0.1, 0.15) is 0 Å². The zero-order valence-electron chi connectivity index (χ0n) is 8.21. The molecule has 0 fully saturated rings. The van der Waals surface area contributed by atoms with Crippen molar-refractivity contribution in [2.45, 2.75) is 32.8 Å². The number of pyridine rings is 1. The van der Waals surface area contributed by atoms with Gasteiger partial charge in [0.15, 0.2) is 0 Å². The van der Waals surface area contributed by atoms with E-state index in [-0.39, 0.29) is 11.8 Å². The van der Waals surface area contributed by atoms with Gasteiger partial charge in [-0.05, 0) is 18.4 Å². The fraction of sp³-hybridized carbons (Fsp3) is 0.500. The fourth-order valence-electron chi connectivity index (χ4n) is 1.07. The third-order valence-corrected chi connectivity index (χ3v) is 2.07. The van der Waals surface area contributed by atoms with Crippen LogP contribution in [0.15, 0.2) is 18.2 Å². The monoisotopic (exact) mass is 201 g/mol. The number of hydrogen-bond acceptors (Lipinski definition) is 2. The van der Waals surface area contributed by atoms with Crippen molar-refractivity contribution >= 4 is 0 Å². The molecule has 2 nitrogen and oxygen atoms in total. The molecule has 1 heterocycles. The van der Waals surface area contributed by atoms with E-state index in [1.807, 2.05) is 19.9 Å². The molecule has 0 amide bonds. The first-order valence-corrected chi connectivity index (χ1v) is 4.55. The molecule has 0 saturated carbocycles. The smallest absolute Gasteiger partial charge is 0.388 e. The number of alkyl halides is 2. The van der Waals surface area contributed by atoms with E-state index < -0.39 is 6.61 Å². The second-order valence-electron chi connectivity index (χ2n) is 3.09. The summed E-state index contributed by atoms with van der Waals surface area (Å²) >= 11 is 0. The minimum absolute atomic E-state index is 0.0159. The van der Waals surface area contributed by atoms with E-state index in [9.17, 15) is 8.78 Å². The maximum absolute atomic E-state index is 11.9. The van der Waals surface area contributed by atoms with E-state index >= 15 is 0 Å². The Bertz CT molecular complexity index is 291. The number of ether oxygens (including phenoxy) is 1. The first kappa shape index (κ1) is 10.9. The molecule has 0 aliphatic rings.